The van der Waals surface area contributed by atoms with Crippen molar-refractivity contribution in [2.75, 3.05) is 0 Å². The van der Waals surface area contributed by atoms with E-state index in [4.69, 9.17) is 19.4 Å². The largest absolute Gasteiger partial charge is 0.456 e. The minimum Gasteiger partial charge on any atom is -0.456 e. The summed E-state index contributed by atoms with van der Waals surface area (Å²) in [5, 5.41) is 4.63. The summed E-state index contributed by atoms with van der Waals surface area (Å²) in [5.74, 6) is 1.97. The number of rotatable bonds is 4. The number of hydrogen-bond acceptors (Lipinski definition) is 4. The van der Waals surface area contributed by atoms with E-state index in [0.717, 1.165) is 49.8 Å². The van der Waals surface area contributed by atoms with Crippen LogP contribution in [0.5, 0.6) is 0 Å². The fraction of sp³-hybridized carbons (Fsp3) is 0.0625. The van der Waals surface area contributed by atoms with Crippen molar-refractivity contribution in [2.24, 2.45) is 0 Å². The summed E-state index contributed by atoms with van der Waals surface area (Å²) in [6.07, 6.45) is 0. The van der Waals surface area contributed by atoms with Crippen LogP contribution in [0.1, 0.15) is 25.0 Å². The predicted molar refractivity (Wildman–Crippen MR) is 215 cm³/mol. The van der Waals surface area contributed by atoms with Crippen molar-refractivity contribution in [3.63, 3.8) is 0 Å². The Morgan fingerprint density at radius 1 is 0.491 bits per heavy atom. The predicted octanol–water partition coefficient (Wildman–Crippen LogP) is 12.2. The van der Waals surface area contributed by atoms with Crippen LogP contribution >= 0.6 is 0 Å². The fourth-order valence-electron chi connectivity index (χ4n) is 8.55. The van der Waals surface area contributed by atoms with Gasteiger partial charge in [-0.2, -0.15) is 0 Å². The van der Waals surface area contributed by atoms with Crippen molar-refractivity contribution >= 4 is 43.7 Å². The highest BCUT2D eigenvalue weighted by Gasteiger charge is 2.38. The molecule has 0 radical (unpaired) electrons. The number of para-hydroxylation sites is 2. The normalized spacial score (nSPS) is 13.2. The average molecular weight is 681 g/mol. The Bertz CT molecular complexity index is 3010. The molecular weight excluding hydrogens is 649 g/mol. The number of fused-ring (bicyclic) bond motifs is 10. The quantitative estimate of drug-likeness (QED) is 0.186. The molecule has 0 amide bonds. The van der Waals surface area contributed by atoms with Crippen LogP contribution in [-0.4, -0.2) is 19.5 Å². The van der Waals surface area contributed by atoms with E-state index in [1.165, 1.54) is 38.5 Å². The highest BCUT2D eigenvalue weighted by atomic mass is 16.3. The molecule has 1 aliphatic rings. The lowest BCUT2D eigenvalue weighted by atomic mass is 9.82. The van der Waals surface area contributed by atoms with E-state index in [1.54, 1.807) is 0 Å². The van der Waals surface area contributed by atoms with Crippen LogP contribution in [0.15, 0.2) is 162 Å². The van der Waals surface area contributed by atoms with Crippen LogP contribution in [0.25, 0.3) is 94.7 Å². The van der Waals surface area contributed by atoms with E-state index in [-0.39, 0.29) is 5.41 Å². The van der Waals surface area contributed by atoms with Crippen LogP contribution in [0.3, 0.4) is 0 Å². The smallest absolute Gasteiger partial charge is 0.164 e. The highest BCUT2D eigenvalue weighted by molar-refractivity contribution is 6.25. The number of aromatic nitrogens is 4. The standard InChI is InChI=1S/C48H32N4O/c1-48(2)37-23-14-22-34(47-50-45(29-15-6-3-7-16-29)49-46(51-47)30-17-8-4-9-18-30)42(37)36-27-35-32-25-26-41-43(33-21-12-13-24-40(33)53-41)44(32)52(39(35)28-38(36)48)31-19-10-5-11-20-31/h3-28H,1-2H3. The lowest BCUT2D eigenvalue weighted by Crippen LogP contribution is -2.15. The zero-order valence-electron chi connectivity index (χ0n) is 29.2. The van der Waals surface area contributed by atoms with E-state index >= 15 is 0 Å². The van der Waals surface area contributed by atoms with Gasteiger partial charge in [0, 0.05) is 44.0 Å². The maximum atomic E-state index is 6.42. The first-order chi connectivity index (χ1) is 26.0. The van der Waals surface area contributed by atoms with Crippen LogP contribution in [0.2, 0.25) is 0 Å². The second-order valence-electron chi connectivity index (χ2n) is 14.4. The lowest BCUT2D eigenvalue weighted by molar-refractivity contribution is 0.661. The Labute approximate surface area is 305 Å². The fourth-order valence-corrected chi connectivity index (χ4v) is 8.55. The molecule has 0 aliphatic heterocycles. The summed E-state index contributed by atoms with van der Waals surface area (Å²) in [5.41, 5.74) is 12.8. The highest BCUT2D eigenvalue weighted by Crippen LogP contribution is 2.54. The molecule has 53 heavy (non-hydrogen) atoms. The Morgan fingerprint density at radius 3 is 1.85 bits per heavy atom. The summed E-state index contributed by atoms with van der Waals surface area (Å²) < 4.78 is 8.85. The van der Waals surface area contributed by atoms with Gasteiger partial charge in [0.15, 0.2) is 17.5 Å². The molecule has 5 nitrogen and oxygen atoms in total. The zero-order chi connectivity index (χ0) is 35.3. The van der Waals surface area contributed by atoms with Gasteiger partial charge in [-0.25, -0.2) is 15.0 Å². The van der Waals surface area contributed by atoms with Gasteiger partial charge < -0.3 is 8.98 Å². The topological polar surface area (TPSA) is 56.7 Å². The number of benzene rings is 7. The van der Waals surface area contributed by atoms with Gasteiger partial charge in [0.05, 0.1) is 16.4 Å². The zero-order valence-corrected chi connectivity index (χ0v) is 29.2. The van der Waals surface area contributed by atoms with E-state index in [9.17, 15) is 0 Å². The molecule has 5 heteroatoms. The van der Waals surface area contributed by atoms with Crippen molar-refractivity contribution in [2.45, 2.75) is 19.3 Å². The van der Waals surface area contributed by atoms with Gasteiger partial charge in [-0.1, -0.05) is 129 Å². The van der Waals surface area contributed by atoms with Gasteiger partial charge >= 0.3 is 0 Å². The molecule has 0 saturated heterocycles. The maximum absolute atomic E-state index is 6.42. The first-order valence-electron chi connectivity index (χ1n) is 18.0. The Balaban J connectivity index is 1.22. The second kappa shape index (κ2) is 11.1. The SMILES string of the molecule is CC1(C)c2cc3c(cc2-c2c(-c4nc(-c5ccccc5)nc(-c5ccccc5)n4)cccc21)c1ccc2oc4ccccc4c2c1n3-c1ccccc1. The van der Waals surface area contributed by atoms with Gasteiger partial charge in [-0.3, -0.25) is 0 Å². The maximum Gasteiger partial charge on any atom is 0.164 e. The second-order valence-corrected chi connectivity index (χ2v) is 14.4. The molecule has 0 bridgehead atoms. The van der Waals surface area contributed by atoms with Gasteiger partial charge in [-0.15, -0.1) is 0 Å². The van der Waals surface area contributed by atoms with Crippen molar-refractivity contribution in [3.8, 4) is 51.0 Å². The Hall–Kier alpha value is -6.85. The summed E-state index contributed by atoms with van der Waals surface area (Å²) in [7, 11) is 0. The molecule has 0 fully saturated rings. The van der Waals surface area contributed by atoms with Crippen molar-refractivity contribution in [1.29, 1.82) is 0 Å². The van der Waals surface area contributed by atoms with Crippen molar-refractivity contribution < 1.29 is 4.42 Å². The van der Waals surface area contributed by atoms with Crippen molar-refractivity contribution in [3.05, 3.63) is 169 Å². The molecule has 3 aromatic heterocycles. The molecule has 0 N–H and O–H groups in total. The molecular formula is C48H32N4O. The summed E-state index contributed by atoms with van der Waals surface area (Å²) in [4.78, 5) is 15.3. The Kier molecular flexibility index (Phi) is 6.23. The van der Waals surface area contributed by atoms with Gasteiger partial charge in [-0.05, 0) is 64.7 Å². The van der Waals surface area contributed by atoms with Crippen LogP contribution in [0.4, 0.5) is 0 Å². The molecule has 1 aliphatic carbocycles. The minimum absolute atomic E-state index is 0.276. The molecule has 11 rings (SSSR count). The van der Waals surface area contributed by atoms with Gasteiger partial charge in [0.1, 0.15) is 11.2 Å². The third-order valence-electron chi connectivity index (χ3n) is 11.0. The number of nitrogens with zero attached hydrogens (tertiary/aromatic N) is 4. The monoisotopic (exact) mass is 680 g/mol. The molecule has 10 aromatic rings. The summed E-state index contributed by atoms with van der Waals surface area (Å²) in [6, 6.07) is 55.2. The van der Waals surface area contributed by atoms with Crippen LogP contribution < -0.4 is 0 Å². The molecule has 3 heterocycles. The Morgan fingerprint density at radius 2 is 1.13 bits per heavy atom. The van der Waals surface area contributed by atoms with E-state index in [0.29, 0.717) is 17.5 Å². The first-order valence-corrected chi connectivity index (χ1v) is 18.0. The third kappa shape index (κ3) is 4.34. The molecule has 0 unspecified atom stereocenters. The average Bonchev–Trinajstić information content (AvgIpc) is 3.83. The number of hydrogen-bond donors (Lipinski definition) is 0. The first kappa shape index (κ1) is 29.8. The minimum atomic E-state index is -0.276. The van der Waals surface area contributed by atoms with E-state index in [1.807, 2.05) is 42.5 Å². The van der Waals surface area contributed by atoms with Crippen LogP contribution in [-0.2, 0) is 5.41 Å². The van der Waals surface area contributed by atoms with Crippen LogP contribution in [0, 0.1) is 0 Å². The number of furan rings is 1. The molecule has 0 atom stereocenters. The summed E-state index contributed by atoms with van der Waals surface area (Å²) in [6.45, 7) is 4.67. The third-order valence-corrected chi connectivity index (χ3v) is 11.0. The van der Waals surface area contributed by atoms with Gasteiger partial charge in [0.2, 0.25) is 0 Å². The van der Waals surface area contributed by atoms with E-state index in [2.05, 4.69) is 134 Å². The molecule has 7 aromatic carbocycles. The summed E-state index contributed by atoms with van der Waals surface area (Å²) >= 11 is 0. The molecule has 0 spiro atoms. The van der Waals surface area contributed by atoms with Gasteiger partial charge in [0.25, 0.3) is 0 Å². The van der Waals surface area contributed by atoms with Crippen molar-refractivity contribution in [1.82, 2.24) is 19.5 Å². The lowest BCUT2D eigenvalue weighted by Gasteiger charge is -2.22. The van der Waals surface area contributed by atoms with E-state index < -0.39 is 0 Å². The molecule has 250 valence electrons. The molecule has 0 saturated carbocycles.